The van der Waals surface area contributed by atoms with E-state index in [1.807, 2.05) is 0 Å². The number of carbonyl (C=O) groups is 1. The van der Waals surface area contributed by atoms with Crippen LogP contribution in [0.2, 0.25) is 0 Å². The summed E-state index contributed by atoms with van der Waals surface area (Å²) in [5, 5.41) is 13.9. The predicted molar refractivity (Wildman–Crippen MR) is 17.9 cm³/mol. The van der Waals surface area contributed by atoms with Crippen LogP contribution >= 0.6 is 0 Å². The monoisotopic (exact) mass is 161 g/mol. The van der Waals surface area contributed by atoms with Crippen LogP contribution in [0.4, 0.5) is 4.79 Å². The van der Waals surface area contributed by atoms with Crippen molar-refractivity contribution in [1.29, 1.82) is 0 Å². The Bertz CT molecular complexity index is 31.1. The average Bonchev–Trinajstić information content (AvgIpc) is 0.811. The first-order valence-corrected chi connectivity index (χ1v) is 0.651. The van der Waals surface area contributed by atoms with Gasteiger partial charge in [0.1, 0.15) is 0 Å². The van der Waals surface area contributed by atoms with Gasteiger partial charge in [-0.1, -0.05) is 0 Å². The quantitative estimate of drug-likeness (QED) is 0.424. The Kier molecular flexibility index (Phi) is 73.4. The van der Waals surface area contributed by atoms with E-state index >= 15 is 0 Å². The largest absolute Gasteiger partial charge is 0.503 e. The maximum Gasteiger partial charge on any atom is 0.503 e. The maximum absolute atomic E-state index is 8.56. The zero-order chi connectivity index (χ0) is 3.58. The molecule has 6 N–H and O–H groups in total. The van der Waals surface area contributed by atoms with E-state index in [1.54, 1.807) is 0 Å². The molecule has 0 fully saturated rings. The molecule has 0 aromatic rings. The molecule has 0 aliphatic heterocycles. The van der Waals surface area contributed by atoms with Gasteiger partial charge in [0.2, 0.25) is 0 Å². The van der Waals surface area contributed by atoms with Gasteiger partial charge in [-0.2, -0.15) is 0 Å². The van der Waals surface area contributed by atoms with E-state index in [0.29, 0.717) is 0 Å². The number of rotatable bonds is 0. The first-order chi connectivity index (χ1) is 1.73. The van der Waals surface area contributed by atoms with E-state index in [1.165, 1.54) is 0 Å². The Hall–Kier alpha value is -0.291. The van der Waals surface area contributed by atoms with Crippen molar-refractivity contribution in [3.05, 3.63) is 0 Å². The molecule has 0 atom stereocenters. The molecule has 0 saturated carbocycles. The van der Waals surface area contributed by atoms with Gasteiger partial charge in [-0.15, -0.1) is 0 Å². The van der Waals surface area contributed by atoms with Crippen LogP contribution in [0.1, 0.15) is 0 Å². The summed E-state index contributed by atoms with van der Waals surface area (Å²) in [6.45, 7) is 0. The number of hydrogen-bond acceptors (Lipinski definition) is 1. The molecule has 1 radical (unpaired) electrons. The molecule has 0 aromatic heterocycles. The van der Waals surface area contributed by atoms with Crippen LogP contribution in [0.25, 0.3) is 0 Å². The Morgan fingerprint density at radius 1 is 1.14 bits per heavy atom. The topological polar surface area (TPSA) is 121 Å². The smallest absolute Gasteiger partial charge is 0.450 e. The molecule has 0 aromatic carbocycles. The predicted octanol–water partition coefficient (Wildman–Crippen LogP) is -1.43. The van der Waals surface area contributed by atoms with E-state index < -0.39 is 6.16 Å². The van der Waals surface area contributed by atoms with Crippen molar-refractivity contribution < 1.29 is 43.0 Å². The van der Waals surface area contributed by atoms with Gasteiger partial charge in [-0.05, 0) is 0 Å². The first-order valence-electron chi connectivity index (χ1n) is 0.651. The van der Waals surface area contributed by atoms with Gasteiger partial charge in [-0.25, -0.2) is 4.79 Å². The fraction of sp³-hybridized carbons (Fsp3) is 0. The van der Waals surface area contributed by atoms with Crippen molar-refractivity contribution in [2.45, 2.75) is 0 Å². The summed E-state index contributed by atoms with van der Waals surface area (Å²) in [5.41, 5.74) is 0. The standard InChI is InChI=1S/CH2O3.Cu.2H2O/c2-1(3)4;;;/h(H2,2,3,4);;2*1H2. The molecule has 51 valence electrons. The summed E-state index contributed by atoms with van der Waals surface area (Å²) in [6, 6.07) is 0. The minimum atomic E-state index is -1.83. The van der Waals surface area contributed by atoms with E-state index in [4.69, 9.17) is 15.0 Å². The molecule has 0 saturated heterocycles. The van der Waals surface area contributed by atoms with Gasteiger partial charge in [0.15, 0.2) is 0 Å². The summed E-state index contributed by atoms with van der Waals surface area (Å²) in [5.74, 6) is 0. The number of carboxylic acid groups (broad SMARTS) is 2. The summed E-state index contributed by atoms with van der Waals surface area (Å²) in [4.78, 5) is 8.56. The first kappa shape index (κ1) is 29.8. The third-order valence-corrected chi connectivity index (χ3v) is 0. The van der Waals surface area contributed by atoms with E-state index in [9.17, 15) is 0 Å². The van der Waals surface area contributed by atoms with Crippen LogP contribution in [-0.2, 0) is 17.1 Å². The Labute approximate surface area is 50.0 Å². The zero-order valence-corrected chi connectivity index (χ0v) is 4.05. The van der Waals surface area contributed by atoms with Crippen molar-refractivity contribution in [3.8, 4) is 0 Å². The molecule has 0 spiro atoms. The van der Waals surface area contributed by atoms with E-state index in [0.717, 1.165) is 0 Å². The van der Waals surface area contributed by atoms with Crippen molar-refractivity contribution in [1.82, 2.24) is 0 Å². The molecule has 0 aliphatic rings. The Balaban J connectivity index is -0.0000000150. The summed E-state index contributed by atoms with van der Waals surface area (Å²) in [7, 11) is 0. The van der Waals surface area contributed by atoms with E-state index in [-0.39, 0.29) is 28.0 Å². The third-order valence-electron chi connectivity index (χ3n) is 0. The van der Waals surface area contributed by atoms with E-state index in [2.05, 4.69) is 0 Å². The van der Waals surface area contributed by atoms with Crippen LogP contribution in [0, 0.1) is 0 Å². The van der Waals surface area contributed by atoms with Gasteiger partial charge in [0.05, 0.1) is 0 Å². The van der Waals surface area contributed by atoms with Crippen LogP contribution in [-0.4, -0.2) is 27.3 Å². The zero-order valence-electron chi connectivity index (χ0n) is 3.10. The maximum atomic E-state index is 8.56. The van der Waals surface area contributed by atoms with Crippen molar-refractivity contribution in [2.75, 3.05) is 0 Å². The summed E-state index contributed by atoms with van der Waals surface area (Å²) in [6.07, 6.45) is -1.83. The fourth-order valence-corrected chi connectivity index (χ4v) is 0. The second kappa shape index (κ2) is 17.2. The molecule has 0 amide bonds. The second-order valence-electron chi connectivity index (χ2n) is 0.283. The Morgan fingerprint density at radius 3 is 1.14 bits per heavy atom. The molecule has 0 aliphatic carbocycles. The molecule has 0 heterocycles. The average molecular weight is 162 g/mol. The molecule has 7 heavy (non-hydrogen) atoms. The molecular weight excluding hydrogens is 156 g/mol. The number of hydrogen-bond donors (Lipinski definition) is 2. The minimum Gasteiger partial charge on any atom is -0.450 e. The molecule has 0 rings (SSSR count). The van der Waals surface area contributed by atoms with Gasteiger partial charge < -0.3 is 21.2 Å². The minimum absolute atomic E-state index is 0. The second-order valence-corrected chi connectivity index (χ2v) is 0.283. The third kappa shape index (κ3) is 931. The van der Waals surface area contributed by atoms with Crippen molar-refractivity contribution in [2.24, 2.45) is 0 Å². The Morgan fingerprint density at radius 2 is 1.14 bits per heavy atom. The van der Waals surface area contributed by atoms with Crippen LogP contribution in [0.15, 0.2) is 0 Å². The summed E-state index contributed by atoms with van der Waals surface area (Å²) < 4.78 is 0. The van der Waals surface area contributed by atoms with Gasteiger partial charge >= 0.3 is 6.16 Å². The summed E-state index contributed by atoms with van der Waals surface area (Å²) >= 11 is 0. The van der Waals surface area contributed by atoms with Crippen LogP contribution in [0.3, 0.4) is 0 Å². The normalized spacial score (nSPS) is 3.43. The molecular formula is CH6CuO5. The van der Waals surface area contributed by atoms with Crippen LogP contribution in [0.5, 0.6) is 0 Å². The molecule has 5 nitrogen and oxygen atoms in total. The SMILES string of the molecule is O.O.O=C(O)O.[Cu]. The van der Waals surface area contributed by atoms with Crippen LogP contribution < -0.4 is 0 Å². The molecule has 6 heteroatoms. The fourth-order valence-electron chi connectivity index (χ4n) is 0. The molecule has 0 unspecified atom stereocenters. The van der Waals surface area contributed by atoms with Gasteiger partial charge in [0.25, 0.3) is 0 Å². The van der Waals surface area contributed by atoms with Crippen molar-refractivity contribution in [3.63, 3.8) is 0 Å². The van der Waals surface area contributed by atoms with Gasteiger partial charge in [-0.3, -0.25) is 0 Å². The van der Waals surface area contributed by atoms with Gasteiger partial charge in [0, 0.05) is 17.1 Å². The van der Waals surface area contributed by atoms with Crippen molar-refractivity contribution >= 4 is 6.16 Å². The molecule has 0 bridgehead atoms.